The highest BCUT2D eigenvalue weighted by molar-refractivity contribution is 6.00. The lowest BCUT2D eigenvalue weighted by Gasteiger charge is -2.27. The second-order valence-corrected chi connectivity index (χ2v) is 13.1. The maximum Gasteiger partial charge on any atom is 0.209 e. The first-order valence-corrected chi connectivity index (χ1v) is 18.6. The summed E-state index contributed by atoms with van der Waals surface area (Å²) in [4.78, 5) is 2.55. The van der Waals surface area contributed by atoms with Crippen molar-refractivity contribution >= 4 is 22.2 Å². The van der Waals surface area contributed by atoms with Crippen molar-refractivity contribution in [2.45, 2.75) is 101 Å². The highest BCUT2D eigenvalue weighted by atomic mass is 15.2. The Balaban J connectivity index is 0.000000656. The van der Waals surface area contributed by atoms with Crippen molar-refractivity contribution < 1.29 is 4.58 Å². The number of rotatable bonds is 10. The van der Waals surface area contributed by atoms with Crippen molar-refractivity contribution in [2.24, 2.45) is 5.41 Å². The third-order valence-electron chi connectivity index (χ3n) is 9.18. The molecular formula is C47H65N2+. The molecule has 0 N–H and O–H groups in total. The molecule has 0 amide bonds. The number of aryl methyl sites for hydroxylation is 1. The van der Waals surface area contributed by atoms with Gasteiger partial charge >= 0.3 is 0 Å². The topological polar surface area (TPSA) is 6.25 Å². The van der Waals surface area contributed by atoms with E-state index in [9.17, 15) is 0 Å². The van der Waals surface area contributed by atoms with E-state index in [1.807, 2.05) is 58.0 Å². The van der Waals surface area contributed by atoms with Crippen LogP contribution in [-0.4, -0.2) is 23.4 Å². The third kappa shape index (κ3) is 9.30. The van der Waals surface area contributed by atoms with Crippen LogP contribution >= 0.6 is 0 Å². The lowest BCUT2D eigenvalue weighted by molar-refractivity contribution is -0.469. The van der Waals surface area contributed by atoms with Crippen LogP contribution in [0.5, 0.6) is 0 Å². The number of nitrogens with zero attached hydrogens (tertiary/aromatic N) is 2. The minimum atomic E-state index is -0.101. The minimum Gasteiger partial charge on any atom is -0.344 e. The van der Waals surface area contributed by atoms with Crippen LogP contribution < -0.4 is 4.90 Å². The number of hydrogen-bond donors (Lipinski definition) is 0. The van der Waals surface area contributed by atoms with Crippen molar-refractivity contribution in [1.29, 1.82) is 0 Å². The Hall–Kier alpha value is -4.17. The molecule has 0 unspecified atom stereocenters. The zero-order chi connectivity index (χ0) is 36.6. The Morgan fingerprint density at radius 2 is 1.39 bits per heavy atom. The summed E-state index contributed by atoms with van der Waals surface area (Å²) in [6.07, 6.45) is 18.6. The molecule has 0 saturated carbocycles. The molecular weight excluding hydrogens is 593 g/mol. The lowest BCUT2D eigenvalue weighted by atomic mass is 9.80. The van der Waals surface area contributed by atoms with Crippen LogP contribution in [0.25, 0.3) is 10.8 Å². The Bertz CT molecular complexity index is 1670. The van der Waals surface area contributed by atoms with Gasteiger partial charge in [0.05, 0.1) is 5.41 Å². The van der Waals surface area contributed by atoms with Crippen LogP contribution in [0.4, 0.5) is 5.69 Å². The summed E-state index contributed by atoms with van der Waals surface area (Å²) in [5, 5.41) is 2.68. The van der Waals surface area contributed by atoms with Crippen LogP contribution in [0.1, 0.15) is 99.6 Å². The lowest BCUT2D eigenvalue weighted by Crippen LogP contribution is -2.27. The molecule has 5 rings (SSSR count). The molecule has 2 nitrogen and oxygen atoms in total. The van der Waals surface area contributed by atoms with Gasteiger partial charge in [0.1, 0.15) is 6.54 Å². The summed E-state index contributed by atoms with van der Waals surface area (Å²) < 4.78 is 2.40. The van der Waals surface area contributed by atoms with E-state index < -0.39 is 0 Å². The van der Waals surface area contributed by atoms with Gasteiger partial charge in [-0.05, 0) is 55.7 Å². The van der Waals surface area contributed by atoms with Gasteiger partial charge < -0.3 is 4.90 Å². The zero-order valence-corrected chi connectivity index (χ0v) is 32.7. The molecule has 2 aliphatic rings. The van der Waals surface area contributed by atoms with Gasteiger partial charge in [-0.2, -0.15) is 4.58 Å². The second-order valence-electron chi connectivity index (χ2n) is 13.1. The predicted octanol–water partition coefficient (Wildman–Crippen LogP) is 13.3. The van der Waals surface area contributed by atoms with E-state index in [1.54, 1.807) is 0 Å². The van der Waals surface area contributed by atoms with E-state index in [1.165, 1.54) is 63.1 Å². The maximum atomic E-state index is 4.10. The molecule has 0 aromatic heterocycles. The van der Waals surface area contributed by atoms with Crippen molar-refractivity contribution in [3.63, 3.8) is 0 Å². The number of unbranched alkanes of at least 4 members (excludes halogenated alkanes) is 1. The fraction of sp³-hybridized carbons (Fsp3) is 0.383. The van der Waals surface area contributed by atoms with Gasteiger partial charge in [0.25, 0.3) is 0 Å². The normalized spacial score (nSPS) is 16.6. The van der Waals surface area contributed by atoms with Gasteiger partial charge in [0, 0.05) is 47.5 Å². The Labute approximate surface area is 300 Å². The number of hydrogen-bond acceptors (Lipinski definition) is 1. The molecule has 3 aromatic carbocycles. The first-order chi connectivity index (χ1) is 23.6. The molecule has 3 aromatic rings. The van der Waals surface area contributed by atoms with Gasteiger partial charge in [0.15, 0.2) is 5.71 Å². The van der Waals surface area contributed by atoms with Crippen LogP contribution in [0.15, 0.2) is 139 Å². The van der Waals surface area contributed by atoms with Crippen molar-refractivity contribution in [1.82, 2.24) is 0 Å². The van der Waals surface area contributed by atoms with Crippen molar-refractivity contribution in [2.75, 3.05) is 18.0 Å². The fourth-order valence-corrected chi connectivity index (χ4v) is 6.90. The smallest absolute Gasteiger partial charge is 0.209 e. The number of allylic oxidation sites excluding steroid dienone is 9. The van der Waals surface area contributed by atoms with E-state index in [0.29, 0.717) is 0 Å². The summed E-state index contributed by atoms with van der Waals surface area (Å²) in [6.45, 7) is 34.1. The number of anilines is 1. The van der Waals surface area contributed by atoms with Crippen LogP contribution in [0.3, 0.4) is 0 Å². The van der Waals surface area contributed by atoms with E-state index in [2.05, 4.69) is 150 Å². The quantitative estimate of drug-likeness (QED) is 0.155. The summed E-state index contributed by atoms with van der Waals surface area (Å²) in [7, 11) is 0. The van der Waals surface area contributed by atoms with Gasteiger partial charge in [-0.15, -0.1) is 0 Å². The largest absolute Gasteiger partial charge is 0.344 e. The summed E-state index contributed by atoms with van der Waals surface area (Å²) in [5.41, 5.74) is 9.05. The molecule has 2 heterocycles. The second kappa shape index (κ2) is 19.7. The highest BCUT2D eigenvalue weighted by Gasteiger charge is 2.44. The van der Waals surface area contributed by atoms with Gasteiger partial charge in [-0.3, -0.25) is 0 Å². The first-order valence-electron chi connectivity index (χ1n) is 18.6. The van der Waals surface area contributed by atoms with Crippen LogP contribution in [0, 0.1) is 12.3 Å². The van der Waals surface area contributed by atoms with E-state index in [0.717, 1.165) is 19.5 Å². The van der Waals surface area contributed by atoms with E-state index >= 15 is 0 Å². The molecule has 2 aliphatic heterocycles. The van der Waals surface area contributed by atoms with E-state index in [4.69, 9.17) is 0 Å². The summed E-state index contributed by atoms with van der Waals surface area (Å²) >= 11 is 0. The molecule has 2 heteroatoms. The van der Waals surface area contributed by atoms with Crippen molar-refractivity contribution in [3.8, 4) is 0 Å². The molecule has 0 fully saturated rings. The monoisotopic (exact) mass is 658 g/mol. The van der Waals surface area contributed by atoms with E-state index in [-0.39, 0.29) is 10.8 Å². The summed E-state index contributed by atoms with van der Waals surface area (Å²) in [6, 6.07) is 23.7. The molecule has 49 heavy (non-hydrogen) atoms. The zero-order valence-electron chi connectivity index (χ0n) is 32.7. The molecule has 0 saturated heterocycles. The molecule has 0 aliphatic carbocycles. The van der Waals surface area contributed by atoms with Gasteiger partial charge in [-0.25, -0.2) is 0 Å². The number of fused-ring (bicyclic) bond motifs is 3. The fourth-order valence-electron chi connectivity index (χ4n) is 6.90. The van der Waals surface area contributed by atoms with Crippen LogP contribution in [-0.2, 0) is 5.41 Å². The first kappa shape index (κ1) is 41.0. The van der Waals surface area contributed by atoms with Crippen molar-refractivity contribution in [3.05, 3.63) is 151 Å². The molecule has 0 radical (unpaired) electrons. The van der Waals surface area contributed by atoms with Gasteiger partial charge in [0.2, 0.25) is 5.70 Å². The Morgan fingerprint density at radius 3 is 1.96 bits per heavy atom. The highest BCUT2D eigenvalue weighted by Crippen LogP contribution is 2.50. The predicted molar refractivity (Wildman–Crippen MR) is 221 cm³/mol. The minimum absolute atomic E-state index is 0.0697. The van der Waals surface area contributed by atoms with Gasteiger partial charge in [-0.1, -0.05) is 165 Å². The molecule has 0 bridgehead atoms. The Morgan fingerprint density at radius 1 is 0.735 bits per heavy atom. The third-order valence-corrected chi connectivity index (χ3v) is 9.18. The number of benzene rings is 3. The average Bonchev–Trinajstić information content (AvgIpc) is 3.46. The average molecular weight is 658 g/mol. The molecule has 0 spiro atoms. The molecule has 0 atom stereocenters. The molecule has 262 valence electrons. The Kier molecular flexibility index (Phi) is 16.5. The standard InChI is InChI=1S/C36H45N2.C7H8.2C2H6/c1-9-13-26-38-31-24-23-27-19-17-18-20-28(27)34(31)36(7,8)33(38)22-16-14-15-21-32-35(5,6)29(11-3)30(12-4)37(32)25-10-2;1-7-5-3-2-4-6-7;2*1-2/h11-12,14-24H,3-4,9-10,13,25-26H2,1-2,5-8H3;2-6H,1H3;2*1-2H3/q+1;;;. The summed E-state index contributed by atoms with van der Waals surface area (Å²) in [5.74, 6) is 0. The van der Waals surface area contributed by atoms with Crippen LogP contribution in [0.2, 0.25) is 0 Å². The maximum absolute atomic E-state index is 4.10. The SMILES string of the molecule is C=CC1=C(C=C)C(C)(C)C(/C=C/C=C/C=C2/N(CCCC)c3ccc4ccccc4c3C2(C)C)=[N+]1CCC.CC.CC.Cc1ccccc1.